The Bertz CT molecular complexity index is 568. The molecule has 2 aromatic rings. The molecule has 0 saturated heterocycles. The van der Waals surface area contributed by atoms with Crippen LogP contribution in [0.3, 0.4) is 0 Å². The van der Waals surface area contributed by atoms with E-state index in [1.165, 1.54) is 6.33 Å². The Hall–Kier alpha value is -1.98. The van der Waals surface area contributed by atoms with E-state index in [4.69, 9.17) is 4.74 Å². The van der Waals surface area contributed by atoms with E-state index < -0.39 is 11.6 Å². The van der Waals surface area contributed by atoms with Gasteiger partial charge in [0.2, 0.25) is 0 Å². The monoisotopic (exact) mass is 234 g/mol. The summed E-state index contributed by atoms with van der Waals surface area (Å²) in [6.45, 7) is 5.44. The van der Waals surface area contributed by atoms with E-state index in [2.05, 4.69) is 15.1 Å². The molecule has 0 aliphatic rings. The number of aryl methyl sites for hydroxylation is 1. The highest BCUT2D eigenvalue weighted by Gasteiger charge is 2.22. The molecular weight excluding hydrogens is 220 g/mol. The molecule has 6 heteroatoms. The van der Waals surface area contributed by atoms with Crippen LogP contribution in [0.1, 0.15) is 31.3 Å². The molecule has 2 rings (SSSR count). The number of aromatic nitrogens is 4. The van der Waals surface area contributed by atoms with Crippen molar-refractivity contribution in [1.82, 2.24) is 19.7 Å². The van der Waals surface area contributed by atoms with Gasteiger partial charge in [0.25, 0.3) is 0 Å². The summed E-state index contributed by atoms with van der Waals surface area (Å²) in [6.07, 6.45) is 2.90. The van der Waals surface area contributed by atoms with Crippen LogP contribution in [0.4, 0.5) is 0 Å². The Morgan fingerprint density at radius 2 is 2.06 bits per heavy atom. The van der Waals surface area contributed by atoms with Gasteiger partial charge in [0, 0.05) is 7.05 Å². The fraction of sp³-hybridized carbons (Fsp3) is 0.455. The third-order valence-corrected chi connectivity index (χ3v) is 2.12. The Morgan fingerprint density at radius 3 is 2.71 bits per heavy atom. The molecule has 0 aliphatic heterocycles. The number of hydrogen-bond acceptors (Lipinski definition) is 5. The van der Waals surface area contributed by atoms with Crippen molar-refractivity contribution < 1.29 is 9.53 Å². The van der Waals surface area contributed by atoms with Gasteiger partial charge in [-0.1, -0.05) is 0 Å². The predicted molar refractivity (Wildman–Crippen MR) is 61.5 cm³/mol. The minimum absolute atomic E-state index is 0.248. The number of rotatable bonds is 1. The molecule has 0 saturated carbocycles. The molecule has 2 heterocycles. The summed E-state index contributed by atoms with van der Waals surface area (Å²) in [7, 11) is 1.76. The zero-order valence-electron chi connectivity index (χ0n) is 10.3. The fourth-order valence-electron chi connectivity index (χ4n) is 1.45. The first-order valence-electron chi connectivity index (χ1n) is 5.24. The molecule has 2 aromatic heterocycles. The van der Waals surface area contributed by atoms with E-state index in [0.717, 1.165) is 0 Å². The Kier molecular flexibility index (Phi) is 2.57. The zero-order chi connectivity index (χ0) is 12.6. The Balaban J connectivity index is 2.45. The van der Waals surface area contributed by atoms with Gasteiger partial charge in [0.05, 0.1) is 11.6 Å². The maximum absolute atomic E-state index is 11.9. The quantitative estimate of drug-likeness (QED) is 0.696. The standard InChI is InChI=1S/C11H14N4O2/c1-11(2,3)17-10(16)8-7-5-14-15(4)9(7)13-6-12-8/h5-6H,1-4H3. The van der Waals surface area contributed by atoms with E-state index in [1.54, 1.807) is 17.9 Å². The highest BCUT2D eigenvalue weighted by atomic mass is 16.6. The van der Waals surface area contributed by atoms with Crippen molar-refractivity contribution in [2.45, 2.75) is 26.4 Å². The normalized spacial score (nSPS) is 11.8. The summed E-state index contributed by atoms with van der Waals surface area (Å²) in [6, 6.07) is 0. The van der Waals surface area contributed by atoms with Crippen molar-refractivity contribution >= 4 is 17.0 Å². The minimum Gasteiger partial charge on any atom is -0.455 e. The van der Waals surface area contributed by atoms with E-state index >= 15 is 0 Å². The molecule has 0 spiro atoms. The number of carbonyl (C=O) groups excluding carboxylic acids is 1. The van der Waals surface area contributed by atoms with E-state index in [0.29, 0.717) is 11.0 Å². The topological polar surface area (TPSA) is 69.9 Å². The largest absolute Gasteiger partial charge is 0.455 e. The van der Waals surface area contributed by atoms with E-state index in [9.17, 15) is 4.79 Å². The van der Waals surface area contributed by atoms with Crippen LogP contribution in [0.25, 0.3) is 11.0 Å². The lowest BCUT2D eigenvalue weighted by Gasteiger charge is -2.19. The lowest BCUT2D eigenvalue weighted by atomic mass is 10.2. The third-order valence-electron chi connectivity index (χ3n) is 2.12. The van der Waals surface area contributed by atoms with Crippen LogP contribution in [0.15, 0.2) is 12.5 Å². The van der Waals surface area contributed by atoms with Crippen molar-refractivity contribution in [1.29, 1.82) is 0 Å². The highest BCUT2D eigenvalue weighted by Crippen LogP contribution is 2.17. The van der Waals surface area contributed by atoms with Crippen molar-refractivity contribution in [2.75, 3.05) is 0 Å². The Labute approximate surface area is 98.6 Å². The Morgan fingerprint density at radius 1 is 1.35 bits per heavy atom. The van der Waals surface area contributed by atoms with Gasteiger partial charge in [-0.3, -0.25) is 4.68 Å². The van der Waals surface area contributed by atoms with Crippen LogP contribution in [-0.2, 0) is 11.8 Å². The molecule has 0 bridgehead atoms. The van der Waals surface area contributed by atoms with Gasteiger partial charge in [-0.15, -0.1) is 0 Å². The summed E-state index contributed by atoms with van der Waals surface area (Å²) in [5.74, 6) is -0.460. The van der Waals surface area contributed by atoms with Crippen LogP contribution in [0.2, 0.25) is 0 Å². The average molecular weight is 234 g/mol. The predicted octanol–water partition coefficient (Wildman–Crippen LogP) is 1.32. The van der Waals surface area contributed by atoms with Crippen LogP contribution in [0.5, 0.6) is 0 Å². The maximum Gasteiger partial charge on any atom is 0.358 e. The van der Waals surface area contributed by atoms with Gasteiger partial charge < -0.3 is 4.74 Å². The van der Waals surface area contributed by atoms with E-state index in [-0.39, 0.29) is 5.69 Å². The third kappa shape index (κ3) is 2.25. The number of ether oxygens (including phenoxy) is 1. The summed E-state index contributed by atoms with van der Waals surface area (Å²) in [5, 5.41) is 4.64. The summed E-state index contributed by atoms with van der Waals surface area (Å²) in [5.41, 5.74) is 0.315. The fourth-order valence-corrected chi connectivity index (χ4v) is 1.45. The minimum atomic E-state index is -0.545. The zero-order valence-corrected chi connectivity index (χ0v) is 10.3. The van der Waals surface area contributed by atoms with Crippen molar-refractivity contribution in [3.05, 3.63) is 18.2 Å². The molecular formula is C11H14N4O2. The number of esters is 1. The van der Waals surface area contributed by atoms with Gasteiger partial charge in [0.1, 0.15) is 11.9 Å². The molecule has 0 atom stereocenters. The maximum atomic E-state index is 11.9. The summed E-state index contributed by atoms with van der Waals surface area (Å²) >= 11 is 0. The first-order chi connectivity index (χ1) is 7.88. The first-order valence-corrected chi connectivity index (χ1v) is 5.24. The number of fused-ring (bicyclic) bond motifs is 1. The van der Waals surface area contributed by atoms with Crippen molar-refractivity contribution in [3.63, 3.8) is 0 Å². The molecule has 17 heavy (non-hydrogen) atoms. The smallest absolute Gasteiger partial charge is 0.358 e. The number of nitrogens with zero attached hydrogens (tertiary/aromatic N) is 4. The van der Waals surface area contributed by atoms with Crippen LogP contribution < -0.4 is 0 Å². The molecule has 90 valence electrons. The van der Waals surface area contributed by atoms with Crippen LogP contribution >= 0.6 is 0 Å². The van der Waals surface area contributed by atoms with E-state index in [1.807, 2.05) is 20.8 Å². The average Bonchev–Trinajstić information content (AvgIpc) is 2.58. The van der Waals surface area contributed by atoms with Crippen LogP contribution in [-0.4, -0.2) is 31.3 Å². The molecule has 0 radical (unpaired) electrons. The van der Waals surface area contributed by atoms with Gasteiger partial charge in [-0.25, -0.2) is 14.8 Å². The van der Waals surface area contributed by atoms with Crippen LogP contribution in [0, 0.1) is 0 Å². The molecule has 6 nitrogen and oxygen atoms in total. The van der Waals surface area contributed by atoms with Gasteiger partial charge >= 0.3 is 5.97 Å². The SMILES string of the molecule is Cn1ncc2c(C(=O)OC(C)(C)C)ncnc21. The first kappa shape index (κ1) is 11.5. The van der Waals surface area contributed by atoms with Gasteiger partial charge in [-0.05, 0) is 20.8 Å². The summed E-state index contributed by atoms with van der Waals surface area (Å²) < 4.78 is 6.86. The van der Waals surface area contributed by atoms with Gasteiger partial charge in [0.15, 0.2) is 11.3 Å². The molecule has 0 aliphatic carbocycles. The second kappa shape index (κ2) is 3.80. The number of carbonyl (C=O) groups is 1. The lowest BCUT2D eigenvalue weighted by molar-refractivity contribution is 0.00652. The number of hydrogen-bond donors (Lipinski definition) is 0. The molecule has 0 aromatic carbocycles. The molecule has 0 fully saturated rings. The second-order valence-electron chi connectivity index (χ2n) is 4.73. The van der Waals surface area contributed by atoms with Crippen molar-refractivity contribution in [2.24, 2.45) is 7.05 Å². The lowest BCUT2D eigenvalue weighted by Crippen LogP contribution is -2.24. The molecule has 0 unspecified atom stereocenters. The second-order valence-corrected chi connectivity index (χ2v) is 4.73. The summed E-state index contributed by atoms with van der Waals surface area (Å²) in [4.78, 5) is 20.0. The highest BCUT2D eigenvalue weighted by molar-refractivity contribution is 6.00. The molecule has 0 N–H and O–H groups in total. The van der Waals surface area contributed by atoms with Gasteiger partial charge in [-0.2, -0.15) is 5.10 Å². The molecule has 0 amide bonds. The van der Waals surface area contributed by atoms with Crippen molar-refractivity contribution in [3.8, 4) is 0 Å².